The molecule has 1 heterocycles. The minimum atomic E-state index is -0.845. The van der Waals surface area contributed by atoms with Crippen molar-refractivity contribution in [3.05, 3.63) is 28.2 Å². The van der Waals surface area contributed by atoms with E-state index >= 15 is 0 Å². The molecule has 8 nitrogen and oxygen atoms in total. The van der Waals surface area contributed by atoms with Crippen LogP contribution in [0.1, 0.15) is 39.5 Å². The maximum atomic E-state index is 12.8. The largest absolute Gasteiger partial charge is 0.482 e. The number of ether oxygens (including phenoxy) is 1. The van der Waals surface area contributed by atoms with Gasteiger partial charge in [-0.05, 0) is 49.8 Å². The number of halogens is 2. The summed E-state index contributed by atoms with van der Waals surface area (Å²) in [4.78, 5) is 37.2. The molecule has 10 heteroatoms. The van der Waals surface area contributed by atoms with E-state index in [2.05, 4.69) is 16.0 Å². The molecule has 32 heavy (non-hydrogen) atoms. The van der Waals surface area contributed by atoms with Crippen LogP contribution in [0.4, 0.5) is 0 Å². The van der Waals surface area contributed by atoms with Gasteiger partial charge in [-0.1, -0.05) is 37.0 Å². The van der Waals surface area contributed by atoms with E-state index in [1.807, 2.05) is 19.9 Å². The molecule has 2 rings (SSSR count). The fourth-order valence-corrected chi connectivity index (χ4v) is 3.90. The Morgan fingerprint density at radius 2 is 2.06 bits per heavy atom. The molecule has 1 aliphatic heterocycles. The van der Waals surface area contributed by atoms with Gasteiger partial charge in [-0.25, -0.2) is 0 Å². The Hall–Kier alpha value is -2.50. The van der Waals surface area contributed by atoms with Gasteiger partial charge in [0.05, 0.1) is 11.1 Å². The zero-order valence-corrected chi connectivity index (χ0v) is 19.6. The summed E-state index contributed by atoms with van der Waals surface area (Å²) in [7, 11) is 0. The number of nitrogens with one attached hydrogen (secondary N) is 3. The Bertz CT molecular complexity index is 872. The first-order chi connectivity index (χ1) is 15.2. The van der Waals surface area contributed by atoms with Crippen molar-refractivity contribution < 1.29 is 19.1 Å². The van der Waals surface area contributed by atoms with Crippen LogP contribution in [-0.4, -0.2) is 43.0 Å². The summed E-state index contributed by atoms with van der Waals surface area (Å²) in [6, 6.07) is 5.01. The summed E-state index contributed by atoms with van der Waals surface area (Å²) in [6.45, 7) is 4.13. The van der Waals surface area contributed by atoms with Crippen molar-refractivity contribution in [2.45, 2.75) is 51.6 Å². The van der Waals surface area contributed by atoms with Crippen LogP contribution in [0.2, 0.25) is 10.0 Å². The molecule has 3 N–H and O–H groups in total. The fraction of sp³-hybridized carbons (Fsp3) is 0.545. The van der Waals surface area contributed by atoms with Crippen molar-refractivity contribution in [1.29, 1.82) is 5.26 Å². The highest BCUT2D eigenvalue weighted by atomic mass is 35.5. The predicted octanol–water partition coefficient (Wildman–Crippen LogP) is 2.83. The van der Waals surface area contributed by atoms with E-state index in [4.69, 9.17) is 27.9 Å². The molecule has 0 aromatic heterocycles. The van der Waals surface area contributed by atoms with Gasteiger partial charge >= 0.3 is 0 Å². The second-order valence-electron chi connectivity index (χ2n) is 8.17. The Balaban J connectivity index is 1.94. The summed E-state index contributed by atoms with van der Waals surface area (Å²) in [5.41, 5.74) is 0. The lowest BCUT2D eigenvalue weighted by molar-refractivity contribution is -0.131. The third-order valence-electron chi connectivity index (χ3n) is 5.00. The molecular weight excluding hydrogens is 455 g/mol. The zero-order chi connectivity index (χ0) is 23.7. The van der Waals surface area contributed by atoms with Crippen LogP contribution in [0.5, 0.6) is 5.75 Å². The molecule has 1 aromatic rings. The lowest BCUT2D eigenvalue weighted by Gasteiger charge is -2.25. The molecule has 0 saturated carbocycles. The van der Waals surface area contributed by atoms with Gasteiger partial charge in [0, 0.05) is 17.5 Å². The Morgan fingerprint density at radius 3 is 2.69 bits per heavy atom. The molecule has 0 bridgehead atoms. The Kier molecular flexibility index (Phi) is 10.1. The molecule has 174 valence electrons. The molecule has 1 aliphatic rings. The average molecular weight is 483 g/mol. The fourth-order valence-electron chi connectivity index (χ4n) is 3.44. The van der Waals surface area contributed by atoms with Gasteiger partial charge in [-0.3, -0.25) is 14.4 Å². The minimum Gasteiger partial charge on any atom is -0.482 e. The highest BCUT2D eigenvalue weighted by Crippen LogP contribution is 2.27. The molecule has 0 unspecified atom stereocenters. The molecule has 1 fully saturated rings. The summed E-state index contributed by atoms with van der Waals surface area (Å²) in [5.74, 6) is -0.981. The van der Waals surface area contributed by atoms with E-state index < -0.39 is 23.9 Å². The second kappa shape index (κ2) is 12.5. The highest BCUT2D eigenvalue weighted by Gasteiger charge is 2.29. The maximum absolute atomic E-state index is 12.8. The number of rotatable bonds is 10. The third-order valence-corrected chi connectivity index (χ3v) is 5.53. The van der Waals surface area contributed by atoms with Crippen molar-refractivity contribution in [3.63, 3.8) is 0 Å². The number of nitriles is 1. The van der Waals surface area contributed by atoms with Crippen LogP contribution in [0.25, 0.3) is 0 Å². The number of hydrogen-bond donors (Lipinski definition) is 3. The first-order valence-electron chi connectivity index (χ1n) is 10.5. The second-order valence-corrected chi connectivity index (χ2v) is 9.01. The van der Waals surface area contributed by atoms with Crippen LogP contribution >= 0.6 is 23.2 Å². The van der Waals surface area contributed by atoms with Crippen molar-refractivity contribution in [3.8, 4) is 11.8 Å². The van der Waals surface area contributed by atoms with E-state index in [9.17, 15) is 19.6 Å². The number of carbonyl (C=O) groups is 3. The number of amides is 3. The molecular formula is C22H28Cl2N4O4. The summed E-state index contributed by atoms with van der Waals surface area (Å²) >= 11 is 11.9. The SMILES string of the molecule is CC(C)C[C@H](NC(=O)COc1ccc(Cl)cc1Cl)C(=O)N[C@H](C#N)C[C@@H]1CCCNC1=O. The number of hydrogen-bond acceptors (Lipinski definition) is 5. The number of nitrogens with zero attached hydrogens (tertiary/aromatic N) is 1. The van der Waals surface area contributed by atoms with Gasteiger partial charge in [0.25, 0.3) is 5.91 Å². The maximum Gasteiger partial charge on any atom is 0.258 e. The van der Waals surface area contributed by atoms with Crippen LogP contribution in [-0.2, 0) is 14.4 Å². The van der Waals surface area contributed by atoms with E-state index in [0.29, 0.717) is 30.2 Å². The van der Waals surface area contributed by atoms with Crippen molar-refractivity contribution in [1.82, 2.24) is 16.0 Å². The van der Waals surface area contributed by atoms with Crippen LogP contribution in [0, 0.1) is 23.2 Å². The number of benzene rings is 1. The summed E-state index contributed by atoms with van der Waals surface area (Å²) in [6.07, 6.45) is 2.12. The van der Waals surface area contributed by atoms with Gasteiger partial charge in [-0.15, -0.1) is 0 Å². The monoisotopic (exact) mass is 482 g/mol. The molecule has 0 spiro atoms. The van der Waals surface area contributed by atoms with Crippen LogP contribution < -0.4 is 20.7 Å². The minimum absolute atomic E-state index is 0.101. The van der Waals surface area contributed by atoms with Crippen LogP contribution in [0.3, 0.4) is 0 Å². The summed E-state index contributed by atoms with van der Waals surface area (Å²) in [5, 5.41) is 18.3. The standard InChI is InChI=1S/C22H28Cl2N4O4/c1-13(2)8-18(28-20(29)12-32-19-6-5-15(23)10-17(19)24)22(31)27-16(11-25)9-14-4-3-7-26-21(14)30/h5-6,10,13-14,16,18H,3-4,7-9,12H2,1-2H3,(H,26,30)(H,27,31)(H,28,29)/t14-,16-,18-/m0/s1. The van der Waals surface area contributed by atoms with Gasteiger partial charge in [0.15, 0.2) is 6.61 Å². The third kappa shape index (κ3) is 8.21. The quantitative estimate of drug-likeness (QED) is 0.473. The lowest BCUT2D eigenvalue weighted by atomic mass is 9.91. The van der Waals surface area contributed by atoms with E-state index in [-0.39, 0.29) is 35.8 Å². The molecule has 1 aromatic carbocycles. The van der Waals surface area contributed by atoms with Crippen molar-refractivity contribution in [2.75, 3.05) is 13.2 Å². The van der Waals surface area contributed by atoms with Gasteiger partial charge < -0.3 is 20.7 Å². The smallest absolute Gasteiger partial charge is 0.258 e. The number of carbonyl (C=O) groups excluding carboxylic acids is 3. The van der Waals surface area contributed by atoms with Crippen molar-refractivity contribution in [2.24, 2.45) is 11.8 Å². The Morgan fingerprint density at radius 1 is 1.31 bits per heavy atom. The topological polar surface area (TPSA) is 120 Å². The van der Waals surface area contributed by atoms with Crippen molar-refractivity contribution >= 4 is 40.9 Å². The molecule has 1 saturated heterocycles. The predicted molar refractivity (Wildman–Crippen MR) is 121 cm³/mol. The molecule has 3 atom stereocenters. The Labute approximate surface area is 198 Å². The van der Waals surface area contributed by atoms with Gasteiger partial charge in [0.1, 0.15) is 17.8 Å². The van der Waals surface area contributed by atoms with Gasteiger partial charge in [-0.2, -0.15) is 5.26 Å². The van der Waals surface area contributed by atoms with Gasteiger partial charge in [0.2, 0.25) is 11.8 Å². The highest BCUT2D eigenvalue weighted by molar-refractivity contribution is 6.35. The average Bonchev–Trinajstić information content (AvgIpc) is 2.73. The number of piperidine rings is 1. The van der Waals surface area contributed by atoms with Crippen LogP contribution in [0.15, 0.2) is 18.2 Å². The molecule has 0 aliphatic carbocycles. The molecule has 0 radical (unpaired) electrons. The van der Waals surface area contributed by atoms with E-state index in [1.165, 1.54) is 6.07 Å². The lowest BCUT2D eigenvalue weighted by Crippen LogP contribution is -2.51. The summed E-state index contributed by atoms with van der Waals surface area (Å²) < 4.78 is 5.42. The van der Waals surface area contributed by atoms with E-state index in [0.717, 1.165) is 6.42 Å². The zero-order valence-electron chi connectivity index (χ0n) is 18.1. The first-order valence-corrected chi connectivity index (χ1v) is 11.3. The van der Waals surface area contributed by atoms with E-state index in [1.54, 1.807) is 12.1 Å². The normalized spacial score (nSPS) is 17.6. The first kappa shape index (κ1) is 25.8. The molecule has 3 amide bonds.